The van der Waals surface area contributed by atoms with E-state index in [0.29, 0.717) is 18.6 Å². The number of hydrogen-bond acceptors (Lipinski definition) is 3. The second-order valence-electron chi connectivity index (χ2n) is 6.48. The van der Waals surface area contributed by atoms with Gasteiger partial charge in [0.05, 0.1) is 24.9 Å². The molecule has 3 atom stereocenters. The Kier molecular flexibility index (Phi) is 6.07. The van der Waals surface area contributed by atoms with E-state index in [4.69, 9.17) is 15.2 Å². The van der Waals surface area contributed by atoms with Gasteiger partial charge in [0.15, 0.2) is 0 Å². The SMILES string of the molecule is CC(C)Oc1ccc(C(N)COC2CCCCC2C)cc1. The molecule has 0 spiro atoms. The first kappa shape index (κ1) is 16.3. The molecule has 1 saturated carbocycles. The van der Waals surface area contributed by atoms with Crippen LogP contribution in [0, 0.1) is 5.92 Å². The quantitative estimate of drug-likeness (QED) is 0.859. The summed E-state index contributed by atoms with van der Waals surface area (Å²) >= 11 is 0. The third-order valence-electron chi connectivity index (χ3n) is 4.20. The highest BCUT2D eigenvalue weighted by molar-refractivity contribution is 5.29. The van der Waals surface area contributed by atoms with Crippen molar-refractivity contribution in [2.75, 3.05) is 6.61 Å². The first-order valence-corrected chi connectivity index (χ1v) is 8.20. The molecule has 1 fully saturated rings. The Labute approximate surface area is 128 Å². The summed E-state index contributed by atoms with van der Waals surface area (Å²) in [4.78, 5) is 0. The van der Waals surface area contributed by atoms with Gasteiger partial charge < -0.3 is 15.2 Å². The van der Waals surface area contributed by atoms with Crippen molar-refractivity contribution in [3.05, 3.63) is 29.8 Å². The second-order valence-corrected chi connectivity index (χ2v) is 6.48. The van der Waals surface area contributed by atoms with Crippen molar-refractivity contribution in [1.82, 2.24) is 0 Å². The van der Waals surface area contributed by atoms with E-state index in [-0.39, 0.29) is 12.1 Å². The van der Waals surface area contributed by atoms with E-state index in [2.05, 4.69) is 6.92 Å². The van der Waals surface area contributed by atoms with Gasteiger partial charge in [-0.1, -0.05) is 31.9 Å². The third-order valence-corrected chi connectivity index (χ3v) is 4.20. The van der Waals surface area contributed by atoms with E-state index in [1.54, 1.807) is 0 Å². The lowest BCUT2D eigenvalue weighted by Crippen LogP contribution is -2.29. The zero-order valence-corrected chi connectivity index (χ0v) is 13.5. The first-order valence-electron chi connectivity index (χ1n) is 8.20. The highest BCUT2D eigenvalue weighted by Crippen LogP contribution is 2.27. The smallest absolute Gasteiger partial charge is 0.119 e. The van der Waals surface area contributed by atoms with Crippen molar-refractivity contribution in [2.24, 2.45) is 11.7 Å². The lowest BCUT2D eigenvalue weighted by atomic mass is 9.88. The summed E-state index contributed by atoms with van der Waals surface area (Å²) in [6.45, 7) is 6.93. The molecule has 1 aromatic rings. The largest absolute Gasteiger partial charge is 0.491 e. The Morgan fingerprint density at radius 3 is 2.43 bits per heavy atom. The number of hydrogen-bond donors (Lipinski definition) is 1. The van der Waals surface area contributed by atoms with Crippen LogP contribution in [0.4, 0.5) is 0 Å². The van der Waals surface area contributed by atoms with Crippen molar-refractivity contribution in [1.29, 1.82) is 0 Å². The molecule has 3 nitrogen and oxygen atoms in total. The molecule has 0 bridgehead atoms. The second kappa shape index (κ2) is 7.81. The van der Waals surface area contributed by atoms with Crippen molar-refractivity contribution < 1.29 is 9.47 Å². The molecule has 21 heavy (non-hydrogen) atoms. The molecular weight excluding hydrogens is 262 g/mol. The molecule has 118 valence electrons. The minimum Gasteiger partial charge on any atom is -0.491 e. The monoisotopic (exact) mass is 291 g/mol. The van der Waals surface area contributed by atoms with E-state index in [1.807, 2.05) is 38.1 Å². The van der Waals surface area contributed by atoms with Crippen LogP contribution in [-0.4, -0.2) is 18.8 Å². The fourth-order valence-corrected chi connectivity index (χ4v) is 2.92. The van der Waals surface area contributed by atoms with Crippen LogP contribution in [0.25, 0.3) is 0 Å². The van der Waals surface area contributed by atoms with Gasteiger partial charge in [-0.05, 0) is 50.3 Å². The number of rotatable bonds is 6. The standard InChI is InChI=1S/C18H29NO2/c1-13(2)21-16-10-8-15(9-11-16)17(19)12-20-18-7-5-4-6-14(18)3/h8-11,13-14,17-18H,4-7,12,19H2,1-3H3. The average Bonchev–Trinajstić information content (AvgIpc) is 2.46. The Bertz CT molecular complexity index is 416. The zero-order valence-electron chi connectivity index (χ0n) is 13.5. The molecule has 0 aliphatic heterocycles. The number of nitrogens with two attached hydrogens (primary N) is 1. The Morgan fingerprint density at radius 2 is 1.81 bits per heavy atom. The van der Waals surface area contributed by atoms with Gasteiger partial charge in [0.2, 0.25) is 0 Å². The molecular formula is C18H29NO2. The Balaban J connectivity index is 1.83. The van der Waals surface area contributed by atoms with Crippen LogP contribution in [0.2, 0.25) is 0 Å². The van der Waals surface area contributed by atoms with E-state index < -0.39 is 0 Å². The Morgan fingerprint density at radius 1 is 1.14 bits per heavy atom. The molecule has 0 radical (unpaired) electrons. The van der Waals surface area contributed by atoms with Crippen molar-refractivity contribution in [3.8, 4) is 5.75 Å². The molecule has 0 amide bonds. The molecule has 3 unspecified atom stereocenters. The van der Waals surface area contributed by atoms with Crippen LogP contribution in [0.15, 0.2) is 24.3 Å². The Hall–Kier alpha value is -1.06. The fraction of sp³-hybridized carbons (Fsp3) is 0.667. The van der Waals surface area contributed by atoms with Gasteiger partial charge in [0.25, 0.3) is 0 Å². The topological polar surface area (TPSA) is 44.5 Å². The minimum absolute atomic E-state index is 0.0628. The van der Waals surface area contributed by atoms with E-state index >= 15 is 0 Å². The van der Waals surface area contributed by atoms with E-state index in [1.165, 1.54) is 25.7 Å². The van der Waals surface area contributed by atoms with Gasteiger partial charge in [-0.25, -0.2) is 0 Å². The summed E-state index contributed by atoms with van der Waals surface area (Å²) in [7, 11) is 0. The van der Waals surface area contributed by atoms with Gasteiger partial charge >= 0.3 is 0 Å². The molecule has 2 rings (SSSR count). The van der Waals surface area contributed by atoms with Crippen molar-refractivity contribution in [2.45, 2.75) is 64.7 Å². The van der Waals surface area contributed by atoms with Gasteiger partial charge in [-0.2, -0.15) is 0 Å². The van der Waals surface area contributed by atoms with Crippen LogP contribution < -0.4 is 10.5 Å². The lowest BCUT2D eigenvalue weighted by molar-refractivity contribution is -0.0113. The average molecular weight is 291 g/mol. The summed E-state index contributed by atoms with van der Waals surface area (Å²) in [6, 6.07) is 7.98. The van der Waals surface area contributed by atoms with Crippen LogP contribution in [0.5, 0.6) is 5.75 Å². The van der Waals surface area contributed by atoms with Crippen LogP contribution in [-0.2, 0) is 4.74 Å². The summed E-state index contributed by atoms with van der Waals surface area (Å²) in [5.74, 6) is 1.55. The van der Waals surface area contributed by atoms with Crippen molar-refractivity contribution in [3.63, 3.8) is 0 Å². The minimum atomic E-state index is -0.0628. The summed E-state index contributed by atoms with van der Waals surface area (Å²) in [5.41, 5.74) is 7.35. The van der Waals surface area contributed by atoms with Crippen LogP contribution in [0.3, 0.4) is 0 Å². The van der Waals surface area contributed by atoms with E-state index in [9.17, 15) is 0 Å². The summed E-state index contributed by atoms with van der Waals surface area (Å²) < 4.78 is 11.7. The lowest BCUT2D eigenvalue weighted by Gasteiger charge is -2.29. The van der Waals surface area contributed by atoms with Gasteiger partial charge in [-0.15, -0.1) is 0 Å². The fourth-order valence-electron chi connectivity index (χ4n) is 2.92. The maximum atomic E-state index is 6.24. The predicted octanol–water partition coefficient (Wildman–Crippen LogP) is 4.07. The maximum absolute atomic E-state index is 6.24. The van der Waals surface area contributed by atoms with Gasteiger partial charge in [0, 0.05) is 0 Å². The highest BCUT2D eigenvalue weighted by atomic mass is 16.5. The molecule has 0 saturated heterocycles. The van der Waals surface area contributed by atoms with Crippen LogP contribution >= 0.6 is 0 Å². The first-order chi connectivity index (χ1) is 10.1. The molecule has 0 heterocycles. The van der Waals surface area contributed by atoms with Gasteiger partial charge in [-0.3, -0.25) is 0 Å². The third kappa shape index (κ3) is 5.01. The van der Waals surface area contributed by atoms with Crippen molar-refractivity contribution >= 4 is 0 Å². The molecule has 1 aliphatic rings. The molecule has 3 heteroatoms. The van der Waals surface area contributed by atoms with Crippen LogP contribution in [0.1, 0.15) is 58.1 Å². The summed E-state index contributed by atoms with van der Waals surface area (Å²) in [6.07, 6.45) is 5.65. The maximum Gasteiger partial charge on any atom is 0.119 e. The van der Waals surface area contributed by atoms with E-state index in [0.717, 1.165) is 11.3 Å². The molecule has 1 aromatic carbocycles. The molecule has 0 aromatic heterocycles. The normalized spacial score (nSPS) is 24.0. The zero-order chi connectivity index (χ0) is 15.2. The molecule has 2 N–H and O–H groups in total. The highest BCUT2D eigenvalue weighted by Gasteiger charge is 2.22. The molecule has 1 aliphatic carbocycles. The number of benzene rings is 1. The van der Waals surface area contributed by atoms with Gasteiger partial charge in [0.1, 0.15) is 5.75 Å². The summed E-state index contributed by atoms with van der Waals surface area (Å²) in [5, 5.41) is 0. The number of ether oxygens (including phenoxy) is 2. The predicted molar refractivity (Wildman–Crippen MR) is 86.5 cm³/mol.